The van der Waals surface area contributed by atoms with Crippen molar-refractivity contribution >= 4 is 5.97 Å². The number of hydrogen-bond donors (Lipinski definition) is 1. The summed E-state index contributed by atoms with van der Waals surface area (Å²) in [6.07, 6.45) is 6.07. The van der Waals surface area contributed by atoms with Crippen LogP contribution in [0.3, 0.4) is 0 Å². The summed E-state index contributed by atoms with van der Waals surface area (Å²) in [4.78, 5) is 11.7. The standard InChI is InChI=1S/C11H13N3O2/c1-3-6-14-10(11(15)16-2)8-7-12-5-4-9(8)13-14/h1,12H,4-7H2,2H3. The second-order valence-electron chi connectivity index (χ2n) is 3.55. The Morgan fingerprint density at radius 2 is 2.56 bits per heavy atom. The molecule has 0 radical (unpaired) electrons. The summed E-state index contributed by atoms with van der Waals surface area (Å²) < 4.78 is 6.30. The van der Waals surface area contributed by atoms with E-state index in [0.29, 0.717) is 12.2 Å². The maximum Gasteiger partial charge on any atom is 0.356 e. The summed E-state index contributed by atoms with van der Waals surface area (Å²) in [5.41, 5.74) is 2.32. The Hall–Kier alpha value is -1.80. The number of esters is 1. The molecule has 0 amide bonds. The number of nitrogens with zero attached hydrogens (tertiary/aromatic N) is 2. The molecule has 0 saturated heterocycles. The second-order valence-corrected chi connectivity index (χ2v) is 3.55. The zero-order valence-electron chi connectivity index (χ0n) is 9.12. The van der Waals surface area contributed by atoms with Gasteiger partial charge in [-0.1, -0.05) is 5.92 Å². The molecule has 5 nitrogen and oxygen atoms in total. The number of aromatic nitrogens is 2. The highest BCUT2D eigenvalue weighted by molar-refractivity contribution is 5.89. The molecule has 1 N–H and O–H groups in total. The van der Waals surface area contributed by atoms with Crippen molar-refractivity contribution in [2.24, 2.45) is 0 Å². The predicted octanol–water partition coefficient (Wildman–Crippen LogP) is -0.0514. The smallest absolute Gasteiger partial charge is 0.356 e. The topological polar surface area (TPSA) is 56.2 Å². The average Bonchev–Trinajstić information content (AvgIpc) is 2.66. The number of rotatable bonds is 2. The molecular formula is C11H13N3O2. The van der Waals surface area contributed by atoms with Gasteiger partial charge in [-0.25, -0.2) is 9.48 Å². The van der Waals surface area contributed by atoms with Crippen molar-refractivity contribution in [3.63, 3.8) is 0 Å². The number of terminal acetylenes is 1. The van der Waals surface area contributed by atoms with Crippen molar-refractivity contribution in [1.82, 2.24) is 15.1 Å². The first kappa shape index (κ1) is 10.7. The van der Waals surface area contributed by atoms with Gasteiger partial charge in [0.1, 0.15) is 6.54 Å². The largest absolute Gasteiger partial charge is 0.464 e. The molecule has 0 bridgehead atoms. The molecule has 1 aliphatic heterocycles. The number of carbonyl (C=O) groups is 1. The minimum atomic E-state index is -0.382. The highest BCUT2D eigenvalue weighted by atomic mass is 16.5. The third kappa shape index (κ3) is 1.68. The van der Waals surface area contributed by atoms with E-state index in [4.69, 9.17) is 11.2 Å². The van der Waals surface area contributed by atoms with Crippen LogP contribution in [0, 0.1) is 12.3 Å². The fourth-order valence-corrected chi connectivity index (χ4v) is 1.88. The normalized spacial score (nSPS) is 14.0. The van der Waals surface area contributed by atoms with Gasteiger partial charge in [0.25, 0.3) is 0 Å². The lowest BCUT2D eigenvalue weighted by molar-refractivity contribution is 0.0586. The Balaban J connectivity index is 2.49. The first-order valence-corrected chi connectivity index (χ1v) is 5.09. The Morgan fingerprint density at radius 3 is 3.25 bits per heavy atom. The van der Waals surface area contributed by atoms with Crippen LogP contribution in [-0.4, -0.2) is 29.4 Å². The van der Waals surface area contributed by atoms with E-state index in [0.717, 1.165) is 24.2 Å². The van der Waals surface area contributed by atoms with Gasteiger partial charge in [0, 0.05) is 25.1 Å². The quantitative estimate of drug-likeness (QED) is 0.559. The number of methoxy groups -OCH3 is 1. The molecule has 1 aromatic heterocycles. The first-order valence-electron chi connectivity index (χ1n) is 5.09. The summed E-state index contributed by atoms with van der Waals surface area (Å²) in [7, 11) is 1.36. The van der Waals surface area contributed by atoms with E-state index in [-0.39, 0.29) is 12.5 Å². The number of hydrogen-bond acceptors (Lipinski definition) is 4. The Labute approximate surface area is 93.8 Å². The van der Waals surface area contributed by atoms with Crippen LogP contribution in [0.4, 0.5) is 0 Å². The van der Waals surface area contributed by atoms with Crippen molar-refractivity contribution in [3.05, 3.63) is 17.0 Å². The van der Waals surface area contributed by atoms with Crippen molar-refractivity contribution < 1.29 is 9.53 Å². The van der Waals surface area contributed by atoms with Crippen molar-refractivity contribution in [1.29, 1.82) is 0 Å². The van der Waals surface area contributed by atoms with E-state index in [1.54, 1.807) is 4.68 Å². The molecule has 84 valence electrons. The summed E-state index contributed by atoms with van der Waals surface area (Å²) in [6.45, 7) is 1.81. The van der Waals surface area contributed by atoms with E-state index in [2.05, 4.69) is 16.3 Å². The van der Waals surface area contributed by atoms with E-state index < -0.39 is 0 Å². The molecule has 0 saturated carbocycles. The highest BCUT2D eigenvalue weighted by Crippen LogP contribution is 2.18. The predicted molar refractivity (Wildman–Crippen MR) is 57.8 cm³/mol. The minimum Gasteiger partial charge on any atom is -0.464 e. The van der Waals surface area contributed by atoms with Gasteiger partial charge < -0.3 is 10.1 Å². The Kier molecular flexibility index (Phi) is 2.93. The maximum absolute atomic E-state index is 11.7. The average molecular weight is 219 g/mol. The first-order chi connectivity index (χ1) is 7.77. The lowest BCUT2D eigenvalue weighted by atomic mass is 10.1. The fraction of sp³-hybridized carbons (Fsp3) is 0.455. The number of fused-ring (bicyclic) bond motifs is 1. The molecule has 0 fully saturated rings. The van der Waals surface area contributed by atoms with Crippen molar-refractivity contribution in [2.45, 2.75) is 19.5 Å². The van der Waals surface area contributed by atoms with Crippen molar-refractivity contribution in [3.8, 4) is 12.3 Å². The number of nitrogens with one attached hydrogen (secondary N) is 1. The van der Waals surface area contributed by atoms with Crippen LogP contribution in [0.1, 0.15) is 21.7 Å². The van der Waals surface area contributed by atoms with Gasteiger partial charge in [-0.05, 0) is 0 Å². The molecule has 2 heterocycles. The Morgan fingerprint density at radius 1 is 1.75 bits per heavy atom. The summed E-state index contributed by atoms with van der Waals surface area (Å²) in [5.74, 6) is 2.10. The fourth-order valence-electron chi connectivity index (χ4n) is 1.88. The lowest BCUT2D eigenvalue weighted by Crippen LogP contribution is -2.24. The zero-order valence-corrected chi connectivity index (χ0v) is 9.12. The van der Waals surface area contributed by atoms with Gasteiger partial charge >= 0.3 is 5.97 Å². The van der Waals surface area contributed by atoms with Gasteiger partial charge in [0.05, 0.1) is 12.8 Å². The summed E-state index contributed by atoms with van der Waals surface area (Å²) in [5, 5.41) is 7.55. The monoisotopic (exact) mass is 219 g/mol. The third-order valence-corrected chi connectivity index (χ3v) is 2.59. The van der Waals surface area contributed by atoms with Crippen LogP contribution < -0.4 is 5.32 Å². The summed E-state index contributed by atoms with van der Waals surface area (Å²) >= 11 is 0. The van der Waals surface area contributed by atoms with Crippen LogP contribution in [0.25, 0.3) is 0 Å². The van der Waals surface area contributed by atoms with Gasteiger partial charge in [0.2, 0.25) is 0 Å². The highest BCUT2D eigenvalue weighted by Gasteiger charge is 2.25. The van der Waals surface area contributed by atoms with E-state index in [1.807, 2.05) is 0 Å². The maximum atomic E-state index is 11.7. The molecule has 2 rings (SSSR count). The number of carbonyl (C=O) groups excluding carboxylic acids is 1. The van der Waals surface area contributed by atoms with Crippen molar-refractivity contribution in [2.75, 3.05) is 13.7 Å². The lowest BCUT2D eigenvalue weighted by Gasteiger charge is -2.11. The van der Waals surface area contributed by atoms with Crippen LogP contribution in [0.15, 0.2) is 0 Å². The number of ether oxygens (including phenoxy) is 1. The van der Waals surface area contributed by atoms with E-state index in [9.17, 15) is 4.79 Å². The van der Waals surface area contributed by atoms with Crippen LogP contribution >= 0.6 is 0 Å². The zero-order chi connectivity index (χ0) is 11.5. The van der Waals surface area contributed by atoms with Gasteiger partial charge in [-0.3, -0.25) is 0 Å². The molecule has 16 heavy (non-hydrogen) atoms. The van der Waals surface area contributed by atoms with Crippen LogP contribution in [-0.2, 0) is 24.2 Å². The van der Waals surface area contributed by atoms with E-state index >= 15 is 0 Å². The van der Waals surface area contributed by atoms with Crippen LogP contribution in [0.5, 0.6) is 0 Å². The van der Waals surface area contributed by atoms with Gasteiger partial charge in [-0.15, -0.1) is 6.42 Å². The molecule has 0 aliphatic carbocycles. The molecule has 1 aliphatic rings. The van der Waals surface area contributed by atoms with Crippen LogP contribution in [0.2, 0.25) is 0 Å². The minimum absolute atomic E-state index is 0.289. The molecular weight excluding hydrogens is 206 g/mol. The second kappa shape index (κ2) is 4.37. The SMILES string of the molecule is C#CCn1nc2c(c1C(=O)OC)CNCC2. The van der Waals surface area contributed by atoms with Gasteiger partial charge in [0.15, 0.2) is 5.69 Å². The Bertz CT molecular complexity index is 457. The van der Waals surface area contributed by atoms with Gasteiger partial charge in [-0.2, -0.15) is 5.10 Å². The third-order valence-electron chi connectivity index (χ3n) is 2.59. The van der Waals surface area contributed by atoms with E-state index in [1.165, 1.54) is 7.11 Å². The molecule has 0 spiro atoms. The molecule has 5 heteroatoms. The molecule has 0 unspecified atom stereocenters. The molecule has 0 aromatic carbocycles. The summed E-state index contributed by atoms with van der Waals surface area (Å²) in [6, 6.07) is 0. The molecule has 0 atom stereocenters. The molecule has 1 aromatic rings.